The van der Waals surface area contributed by atoms with Gasteiger partial charge < -0.3 is 0 Å². The van der Waals surface area contributed by atoms with E-state index in [2.05, 4.69) is 38.1 Å². The Morgan fingerprint density at radius 1 is 0.789 bits per heavy atom. The van der Waals surface area contributed by atoms with Crippen molar-refractivity contribution in [2.24, 2.45) is 0 Å². The maximum Gasteiger partial charge on any atom is -0.0178 e. The van der Waals surface area contributed by atoms with Gasteiger partial charge in [0, 0.05) is 0 Å². The van der Waals surface area contributed by atoms with Gasteiger partial charge in [0.05, 0.1) is 0 Å². The van der Waals surface area contributed by atoms with Crippen LogP contribution in [0.5, 0.6) is 0 Å². The largest absolute Gasteiger partial charge is 0.0654 e. The molecule has 107 valence electrons. The van der Waals surface area contributed by atoms with Crippen molar-refractivity contribution >= 4 is 0 Å². The topological polar surface area (TPSA) is 0 Å². The minimum absolute atomic E-state index is 1.23. The number of unbranched alkanes of at least 4 members (excludes halogenated alkanes) is 9. The summed E-state index contributed by atoms with van der Waals surface area (Å²) in [5.74, 6) is 0. The summed E-state index contributed by atoms with van der Waals surface area (Å²) in [5.41, 5.74) is 2.80. The summed E-state index contributed by atoms with van der Waals surface area (Å²) < 4.78 is 0. The number of hydrogen-bond donors (Lipinski definition) is 0. The molecule has 1 aromatic rings. The van der Waals surface area contributed by atoms with Gasteiger partial charge in [-0.3, -0.25) is 0 Å². The van der Waals surface area contributed by atoms with Gasteiger partial charge in [-0.05, 0) is 31.4 Å². The number of rotatable bonds is 11. The summed E-state index contributed by atoms with van der Waals surface area (Å²) in [7, 11) is 0. The highest BCUT2D eigenvalue weighted by molar-refractivity contribution is 5.21. The average molecular weight is 259 g/mol. The van der Waals surface area contributed by atoms with Crippen molar-refractivity contribution < 1.29 is 0 Å². The second-order valence-corrected chi connectivity index (χ2v) is 5.85. The van der Waals surface area contributed by atoms with Crippen molar-refractivity contribution in [1.82, 2.24) is 0 Å². The lowest BCUT2D eigenvalue weighted by atomic mass is 10.0. The van der Waals surface area contributed by atoms with Gasteiger partial charge in [0.1, 0.15) is 0 Å². The van der Waals surface area contributed by atoms with Crippen LogP contribution in [0, 0.1) is 13.0 Å². The standard InChI is InChI=1S/C19H31/c1-3-4-5-6-7-8-9-10-11-12-15-19-16-13-14-18(2)17-19/h14,16-17H,3-12,15H2,1-2H3. The molecular formula is C19H31. The smallest absolute Gasteiger partial charge is 0.0178 e. The Bertz CT molecular complexity index is 314. The highest BCUT2D eigenvalue weighted by Crippen LogP contribution is 2.12. The van der Waals surface area contributed by atoms with E-state index in [0.29, 0.717) is 0 Å². The van der Waals surface area contributed by atoms with Crippen LogP contribution >= 0.6 is 0 Å². The fraction of sp³-hybridized carbons (Fsp3) is 0.684. The number of benzene rings is 1. The van der Waals surface area contributed by atoms with Gasteiger partial charge in [-0.25, -0.2) is 0 Å². The molecule has 1 aromatic carbocycles. The molecule has 0 amide bonds. The van der Waals surface area contributed by atoms with Crippen molar-refractivity contribution in [2.45, 2.75) is 84.5 Å². The predicted octanol–water partition coefficient (Wildman–Crippen LogP) is 6.26. The zero-order valence-electron chi connectivity index (χ0n) is 13.0. The van der Waals surface area contributed by atoms with Crippen molar-refractivity contribution in [3.05, 3.63) is 35.4 Å². The molecule has 0 aliphatic heterocycles. The van der Waals surface area contributed by atoms with Gasteiger partial charge in [-0.15, -0.1) is 0 Å². The van der Waals surface area contributed by atoms with E-state index in [1.54, 1.807) is 0 Å². The second kappa shape index (κ2) is 11.1. The molecule has 0 aliphatic carbocycles. The third-order valence-electron chi connectivity index (χ3n) is 3.81. The van der Waals surface area contributed by atoms with Crippen LogP contribution in [0.3, 0.4) is 0 Å². The molecule has 0 nitrogen and oxygen atoms in total. The fourth-order valence-corrected chi connectivity index (χ4v) is 2.62. The Hall–Kier alpha value is -0.780. The first-order chi connectivity index (χ1) is 9.33. The predicted molar refractivity (Wildman–Crippen MR) is 85.6 cm³/mol. The van der Waals surface area contributed by atoms with Gasteiger partial charge in [0.25, 0.3) is 0 Å². The normalized spacial score (nSPS) is 10.8. The first-order valence-electron chi connectivity index (χ1n) is 8.29. The summed E-state index contributed by atoms with van der Waals surface area (Å²) in [6.07, 6.45) is 15.4. The summed E-state index contributed by atoms with van der Waals surface area (Å²) >= 11 is 0. The van der Waals surface area contributed by atoms with Crippen LogP contribution in [0.15, 0.2) is 18.2 Å². The second-order valence-electron chi connectivity index (χ2n) is 5.85. The molecule has 0 heterocycles. The molecule has 0 heteroatoms. The molecule has 0 unspecified atom stereocenters. The van der Waals surface area contributed by atoms with Crippen LogP contribution in [0.2, 0.25) is 0 Å². The van der Waals surface area contributed by atoms with Crippen LogP contribution in [0.4, 0.5) is 0 Å². The van der Waals surface area contributed by atoms with Crippen LogP contribution in [0.1, 0.15) is 82.3 Å². The highest BCUT2D eigenvalue weighted by atomic mass is 14.0. The van der Waals surface area contributed by atoms with Gasteiger partial charge in [-0.2, -0.15) is 0 Å². The van der Waals surface area contributed by atoms with E-state index in [0.717, 1.165) is 0 Å². The summed E-state index contributed by atoms with van der Waals surface area (Å²) in [4.78, 5) is 0. The van der Waals surface area contributed by atoms with Crippen molar-refractivity contribution in [3.8, 4) is 0 Å². The van der Waals surface area contributed by atoms with E-state index in [1.807, 2.05) is 0 Å². The number of hydrogen-bond acceptors (Lipinski definition) is 0. The van der Waals surface area contributed by atoms with Crippen LogP contribution < -0.4 is 0 Å². The molecule has 0 aliphatic rings. The van der Waals surface area contributed by atoms with Crippen LogP contribution in [-0.2, 0) is 6.42 Å². The van der Waals surface area contributed by atoms with Crippen LogP contribution in [0.25, 0.3) is 0 Å². The molecule has 0 aromatic heterocycles. The van der Waals surface area contributed by atoms with E-state index in [4.69, 9.17) is 0 Å². The monoisotopic (exact) mass is 259 g/mol. The van der Waals surface area contributed by atoms with Crippen molar-refractivity contribution in [2.75, 3.05) is 0 Å². The molecule has 0 fully saturated rings. The molecule has 0 saturated carbocycles. The Balaban J connectivity index is 1.89. The minimum atomic E-state index is 1.23. The molecule has 19 heavy (non-hydrogen) atoms. The lowest BCUT2D eigenvalue weighted by Gasteiger charge is -2.03. The highest BCUT2D eigenvalue weighted by Gasteiger charge is 1.95. The van der Waals surface area contributed by atoms with Crippen molar-refractivity contribution in [3.63, 3.8) is 0 Å². The quantitative estimate of drug-likeness (QED) is 0.411. The molecule has 0 saturated heterocycles. The summed E-state index contributed by atoms with van der Waals surface area (Å²) in [5, 5.41) is 0. The minimum Gasteiger partial charge on any atom is -0.0654 e. The lowest BCUT2D eigenvalue weighted by Crippen LogP contribution is -1.87. The van der Waals surface area contributed by atoms with Gasteiger partial charge in [-0.1, -0.05) is 88.5 Å². The number of aryl methyl sites for hydroxylation is 2. The molecule has 0 spiro atoms. The van der Waals surface area contributed by atoms with Gasteiger partial charge >= 0.3 is 0 Å². The van der Waals surface area contributed by atoms with Gasteiger partial charge in [0.15, 0.2) is 0 Å². The molecule has 0 N–H and O–H groups in total. The molecule has 0 atom stereocenters. The van der Waals surface area contributed by atoms with E-state index in [-0.39, 0.29) is 0 Å². The van der Waals surface area contributed by atoms with E-state index >= 15 is 0 Å². The van der Waals surface area contributed by atoms with E-state index in [1.165, 1.54) is 81.8 Å². The Labute approximate surface area is 120 Å². The van der Waals surface area contributed by atoms with Crippen LogP contribution in [-0.4, -0.2) is 0 Å². The molecule has 0 bridgehead atoms. The fourth-order valence-electron chi connectivity index (χ4n) is 2.62. The maximum atomic E-state index is 3.21. The zero-order valence-corrected chi connectivity index (χ0v) is 13.0. The average Bonchev–Trinajstić information content (AvgIpc) is 2.41. The molecule has 1 rings (SSSR count). The Kier molecular flexibility index (Phi) is 9.49. The SMILES string of the molecule is CCCCCCCCCCCCc1c[c]cc(C)c1. The summed E-state index contributed by atoms with van der Waals surface area (Å²) in [6.45, 7) is 4.44. The van der Waals surface area contributed by atoms with Crippen molar-refractivity contribution in [1.29, 1.82) is 0 Å². The maximum absolute atomic E-state index is 3.21. The Morgan fingerprint density at radius 3 is 1.95 bits per heavy atom. The first kappa shape index (κ1) is 16.3. The van der Waals surface area contributed by atoms with E-state index < -0.39 is 0 Å². The Morgan fingerprint density at radius 2 is 1.37 bits per heavy atom. The van der Waals surface area contributed by atoms with Gasteiger partial charge in [0.2, 0.25) is 0 Å². The third-order valence-corrected chi connectivity index (χ3v) is 3.81. The van der Waals surface area contributed by atoms with E-state index in [9.17, 15) is 0 Å². The molecular weight excluding hydrogens is 228 g/mol. The lowest BCUT2D eigenvalue weighted by molar-refractivity contribution is 0.556. The first-order valence-corrected chi connectivity index (χ1v) is 8.29. The third kappa shape index (κ3) is 8.86. The summed E-state index contributed by atoms with van der Waals surface area (Å²) in [6, 6.07) is 9.71. The molecule has 1 radical (unpaired) electrons. The zero-order chi connectivity index (χ0) is 13.8.